The first-order valence-electron chi connectivity index (χ1n) is 6.34. The minimum absolute atomic E-state index is 0.0559. The van der Waals surface area contributed by atoms with E-state index in [1.165, 1.54) is 0 Å². The van der Waals surface area contributed by atoms with Gasteiger partial charge in [-0.25, -0.2) is 9.78 Å². The number of amides is 3. The number of hydrogen-bond acceptors (Lipinski definition) is 5. The van der Waals surface area contributed by atoms with Crippen LogP contribution in [-0.2, 0) is 14.4 Å². The molecular formula is C14H11N3O4. The first-order chi connectivity index (χ1) is 10.1. The summed E-state index contributed by atoms with van der Waals surface area (Å²) in [7, 11) is 0. The van der Waals surface area contributed by atoms with Crippen molar-refractivity contribution >= 4 is 34.6 Å². The van der Waals surface area contributed by atoms with Gasteiger partial charge in [-0.1, -0.05) is 18.2 Å². The first-order valence-corrected chi connectivity index (χ1v) is 6.34. The summed E-state index contributed by atoms with van der Waals surface area (Å²) in [6.07, 6.45) is -0.817. The molecule has 106 valence electrons. The summed E-state index contributed by atoms with van der Waals surface area (Å²) >= 11 is 0. The van der Waals surface area contributed by atoms with Crippen LogP contribution >= 0.6 is 0 Å². The Bertz CT molecular complexity index is 728. The molecular weight excluding hydrogens is 274 g/mol. The Morgan fingerprint density at radius 2 is 1.81 bits per heavy atom. The van der Waals surface area contributed by atoms with Gasteiger partial charge in [0.1, 0.15) is 5.82 Å². The van der Waals surface area contributed by atoms with E-state index >= 15 is 0 Å². The molecule has 1 N–H and O–H groups in total. The van der Waals surface area contributed by atoms with Crippen molar-refractivity contribution in [2.24, 2.45) is 0 Å². The van der Waals surface area contributed by atoms with Crippen LogP contribution in [0.2, 0.25) is 0 Å². The van der Waals surface area contributed by atoms with Crippen LogP contribution in [0.1, 0.15) is 12.8 Å². The molecule has 0 unspecified atom stereocenters. The molecule has 1 aromatic carbocycles. The summed E-state index contributed by atoms with van der Waals surface area (Å²) in [5.74, 6) is -0.777. The second-order valence-electron chi connectivity index (χ2n) is 4.47. The van der Waals surface area contributed by atoms with Crippen LogP contribution in [0.5, 0.6) is 0 Å². The van der Waals surface area contributed by atoms with Gasteiger partial charge in [0.25, 0.3) is 11.8 Å². The van der Waals surface area contributed by atoms with Crippen molar-refractivity contribution in [1.29, 1.82) is 0 Å². The van der Waals surface area contributed by atoms with Gasteiger partial charge in [-0.15, -0.1) is 5.06 Å². The zero-order valence-electron chi connectivity index (χ0n) is 10.9. The van der Waals surface area contributed by atoms with Gasteiger partial charge in [0.2, 0.25) is 0 Å². The summed E-state index contributed by atoms with van der Waals surface area (Å²) in [6.45, 7) is 0. The molecule has 1 fully saturated rings. The predicted molar refractivity (Wildman–Crippen MR) is 72.9 cm³/mol. The van der Waals surface area contributed by atoms with Gasteiger partial charge in [0.05, 0.1) is 5.52 Å². The van der Waals surface area contributed by atoms with Crippen molar-refractivity contribution in [3.63, 3.8) is 0 Å². The number of nitrogens with one attached hydrogen (secondary N) is 1. The van der Waals surface area contributed by atoms with E-state index in [0.29, 0.717) is 10.6 Å². The second kappa shape index (κ2) is 5.20. The lowest BCUT2D eigenvalue weighted by Gasteiger charge is -2.12. The third kappa shape index (κ3) is 2.66. The van der Waals surface area contributed by atoms with Crippen LogP contribution in [0.4, 0.5) is 10.6 Å². The van der Waals surface area contributed by atoms with E-state index < -0.39 is 17.9 Å². The number of hydrogen-bond donors (Lipinski definition) is 1. The highest BCUT2D eigenvalue weighted by molar-refractivity contribution is 6.02. The third-order valence-corrected chi connectivity index (χ3v) is 3.01. The van der Waals surface area contributed by atoms with Crippen molar-refractivity contribution in [2.75, 3.05) is 5.32 Å². The number of anilines is 1. The minimum Gasteiger partial charge on any atom is -0.311 e. The Balaban J connectivity index is 1.71. The number of fused-ring (bicyclic) bond motifs is 1. The number of para-hydroxylation sites is 1. The molecule has 2 heterocycles. The van der Waals surface area contributed by atoms with Crippen LogP contribution in [0, 0.1) is 0 Å². The van der Waals surface area contributed by atoms with E-state index in [0.717, 1.165) is 5.39 Å². The topological polar surface area (TPSA) is 88.6 Å². The molecule has 3 amide bonds. The quantitative estimate of drug-likeness (QED) is 0.850. The van der Waals surface area contributed by atoms with Crippen molar-refractivity contribution in [2.45, 2.75) is 12.8 Å². The maximum absolute atomic E-state index is 11.7. The number of carbonyl (C=O) groups is 3. The van der Waals surface area contributed by atoms with E-state index in [1.807, 2.05) is 18.2 Å². The number of rotatable bonds is 2. The summed E-state index contributed by atoms with van der Waals surface area (Å²) < 4.78 is 0. The van der Waals surface area contributed by atoms with E-state index in [2.05, 4.69) is 10.3 Å². The fourth-order valence-corrected chi connectivity index (χ4v) is 2.00. The third-order valence-electron chi connectivity index (χ3n) is 3.01. The summed E-state index contributed by atoms with van der Waals surface area (Å²) in [4.78, 5) is 43.3. The van der Waals surface area contributed by atoms with Crippen LogP contribution in [0.25, 0.3) is 10.9 Å². The Morgan fingerprint density at radius 1 is 1.10 bits per heavy atom. The molecule has 7 heteroatoms. The molecule has 0 atom stereocenters. The van der Waals surface area contributed by atoms with Crippen molar-refractivity contribution in [3.05, 3.63) is 36.4 Å². The van der Waals surface area contributed by atoms with Gasteiger partial charge in [0, 0.05) is 18.2 Å². The lowest BCUT2D eigenvalue weighted by molar-refractivity contribution is -0.170. The first kappa shape index (κ1) is 13.0. The molecule has 1 aliphatic rings. The molecule has 0 saturated carbocycles. The van der Waals surface area contributed by atoms with E-state index in [-0.39, 0.29) is 18.7 Å². The number of carbonyl (C=O) groups excluding carboxylic acids is 3. The lowest BCUT2D eigenvalue weighted by atomic mass is 10.2. The minimum atomic E-state index is -0.929. The number of hydroxylamine groups is 2. The number of nitrogens with zero attached hydrogens (tertiary/aromatic N) is 2. The van der Waals surface area contributed by atoms with Crippen LogP contribution in [-0.4, -0.2) is 28.0 Å². The van der Waals surface area contributed by atoms with Crippen LogP contribution in [0.15, 0.2) is 36.4 Å². The molecule has 1 saturated heterocycles. The zero-order valence-corrected chi connectivity index (χ0v) is 10.9. The van der Waals surface area contributed by atoms with Crippen molar-refractivity contribution in [3.8, 4) is 0 Å². The summed E-state index contributed by atoms with van der Waals surface area (Å²) in [5.41, 5.74) is 0.712. The van der Waals surface area contributed by atoms with Crippen molar-refractivity contribution < 1.29 is 19.2 Å². The smallest absolute Gasteiger partial charge is 0.311 e. The maximum Gasteiger partial charge on any atom is 0.437 e. The highest BCUT2D eigenvalue weighted by Gasteiger charge is 2.32. The van der Waals surface area contributed by atoms with Gasteiger partial charge in [-0.05, 0) is 18.2 Å². The summed E-state index contributed by atoms with van der Waals surface area (Å²) in [6, 6.07) is 10.8. The normalized spacial score (nSPS) is 14.6. The van der Waals surface area contributed by atoms with Crippen LogP contribution < -0.4 is 5.32 Å². The van der Waals surface area contributed by atoms with E-state index in [1.54, 1.807) is 18.2 Å². The van der Waals surface area contributed by atoms with E-state index in [9.17, 15) is 14.4 Å². The number of benzene rings is 1. The number of aromatic nitrogens is 1. The average molecular weight is 285 g/mol. The fraction of sp³-hybridized carbons (Fsp3) is 0.143. The molecule has 0 bridgehead atoms. The van der Waals surface area contributed by atoms with E-state index in [4.69, 9.17) is 4.84 Å². The largest absolute Gasteiger partial charge is 0.437 e. The Morgan fingerprint density at radius 3 is 2.57 bits per heavy atom. The molecule has 2 aromatic rings. The average Bonchev–Trinajstić information content (AvgIpc) is 2.79. The Hall–Kier alpha value is -2.96. The molecule has 0 radical (unpaired) electrons. The highest BCUT2D eigenvalue weighted by Crippen LogP contribution is 2.16. The molecule has 1 aromatic heterocycles. The lowest BCUT2D eigenvalue weighted by Crippen LogP contribution is -2.34. The standard InChI is InChI=1S/C14H11N3O4/c18-12-7-8-13(19)17(12)21-14(20)16-11-6-5-9-3-1-2-4-10(9)15-11/h1-6H,7-8H2,(H,15,16,20). The predicted octanol–water partition coefficient (Wildman–Crippen LogP) is 1.85. The van der Waals surface area contributed by atoms with Gasteiger partial charge in [-0.2, -0.15) is 0 Å². The van der Waals surface area contributed by atoms with Crippen LogP contribution in [0.3, 0.4) is 0 Å². The Kier molecular flexibility index (Phi) is 3.23. The highest BCUT2D eigenvalue weighted by atomic mass is 16.7. The van der Waals surface area contributed by atoms with Gasteiger partial charge >= 0.3 is 6.09 Å². The van der Waals surface area contributed by atoms with Gasteiger partial charge < -0.3 is 4.84 Å². The zero-order chi connectivity index (χ0) is 14.8. The Labute approximate surface area is 119 Å². The SMILES string of the molecule is O=C(Nc1ccc2ccccc2n1)ON1C(=O)CCC1=O. The molecule has 3 rings (SSSR count). The summed E-state index contributed by atoms with van der Waals surface area (Å²) in [5, 5.41) is 3.80. The molecule has 0 spiro atoms. The molecule has 21 heavy (non-hydrogen) atoms. The second-order valence-corrected chi connectivity index (χ2v) is 4.47. The monoisotopic (exact) mass is 285 g/mol. The van der Waals surface area contributed by atoms with Gasteiger partial charge in [0.15, 0.2) is 0 Å². The number of pyridine rings is 1. The molecule has 1 aliphatic heterocycles. The fourth-order valence-electron chi connectivity index (χ4n) is 2.00. The maximum atomic E-state index is 11.7. The van der Waals surface area contributed by atoms with Crippen molar-refractivity contribution in [1.82, 2.24) is 10.0 Å². The number of imide groups is 1. The van der Waals surface area contributed by atoms with Gasteiger partial charge in [-0.3, -0.25) is 14.9 Å². The molecule has 0 aliphatic carbocycles. The molecule has 7 nitrogen and oxygen atoms in total.